The van der Waals surface area contributed by atoms with Crippen LogP contribution in [0, 0.1) is 5.92 Å². The lowest BCUT2D eigenvalue weighted by molar-refractivity contribution is -0.152. The predicted molar refractivity (Wildman–Crippen MR) is 94.3 cm³/mol. The molecule has 0 unspecified atom stereocenters. The lowest BCUT2D eigenvalue weighted by Gasteiger charge is -2.15. The fraction of sp³-hybridized carbons (Fsp3) is 0.412. The van der Waals surface area contributed by atoms with Gasteiger partial charge in [0.25, 0.3) is 5.91 Å². The molecule has 1 aromatic heterocycles. The molecule has 10 nitrogen and oxygen atoms in total. The van der Waals surface area contributed by atoms with E-state index in [0.29, 0.717) is 13.0 Å². The Labute approximate surface area is 156 Å². The largest absolute Gasteiger partial charge is 0.454 e. The molecule has 0 spiro atoms. The van der Waals surface area contributed by atoms with Gasteiger partial charge in [0, 0.05) is 13.0 Å². The highest BCUT2D eigenvalue weighted by atomic mass is 16.5. The number of hydrogen-bond donors (Lipinski definition) is 2. The molecule has 0 fully saturated rings. The Morgan fingerprint density at radius 1 is 1.19 bits per heavy atom. The van der Waals surface area contributed by atoms with Crippen molar-refractivity contribution >= 4 is 17.9 Å². The van der Waals surface area contributed by atoms with E-state index in [9.17, 15) is 14.4 Å². The minimum Gasteiger partial charge on any atom is -0.454 e. The third kappa shape index (κ3) is 6.84. The van der Waals surface area contributed by atoms with E-state index in [2.05, 4.69) is 26.2 Å². The van der Waals surface area contributed by atoms with E-state index < -0.39 is 30.6 Å². The SMILES string of the molecule is CC(C)CNC(=O)NC(=O)COC(=O)[C@@H](Cc1ccccc1)n1cnnn1. The molecule has 0 saturated heterocycles. The smallest absolute Gasteiger partial charge is 0.331 e. The molecule has 2 aromatic rings. The van der Waals surface area contributed by atoms with E-state index in [-0.39, 0.29) is 5.92 Å². The molecule has 2 rings (SSSR count). The Morgan fingerprint density at radius 2 is 1.93 bits per heavy atom. The number of amides is 3. The summed E-state index contributed by atoms with van der Waals surface area (Å²) in [5.41, 5.74) is 0.882. The fourth-order valence-corrected chi connectivity index (χ4v) is 2.17. The molecular weight excluding hydrogens is 352 g/mol. The first-order chi connectivity index (χ1) is 13.0. The summed E-state index contributed by atoms with van der Waals surface area (Å²) in [6.07, 6.45) is 1.59. The third-order valence-corrected chi connectivity index (χ3v) is 3.50. The molecule has 1 aromatic carbocycles. The highest BCUT2D eigenvalue weighted by molar-refractivity contribution is 5.95. The second-order valence-electron chi connectivity index (χ2n) is 6.26. The third-order valence-electron chi connectivity index (χ3n) is 3.50. The van der Waals surface area contributed by atoms with Crippen LogP contribution in [0.25, 0.3) is 0 Å². The van der Waals surface area contributed by atoms with E-state index in [4.69, 9.17) is 4.74 Å². The zero-order chi connectivity index (χ0) is 19.6. The van der Waals surface area contributed by atoms with Crippen LogP contribution < -0.4 is 10.6 Å². The maximum absolute atomic E-state index is 12.4. The van der Waals surface area contributed by atoms with Crippen LogP contribution in [0.2, 0.25) is 0 Å². The Morgan fingerprint density at radius 3 is 2.56 bits per heavy atom. The summed E-state index contributed by atoms with van der Waals surface area (Å²) in [7, 11) is 0. The summed E-state index contributed by atoms with van der Waals surface area (Å²) in [4.78, 5) is 35.8. The topological polar surface area (TPSA) is 128 Å². The molecule has 2 N–H and O–H groups in total. The van der Waals surface area contributed by atoms with Crippen molar-refractivity contribution in [2.75, 3.05) is 13.2 Å². The first-order valence-corrected chi connectivity index (χ1v) is 8.46. The van der Waals surface area contributed by atoms with Crippen molar-refractivity contribution in [3.8, 4) is 0 Å². The minimum atomic E-state index is -0.829. The van der Waals surface area contributed by atoms with Crippen molar-refractivity contribution in [2.24, 2.45) is 5.92 Å². The van der Waals surface area contributed by atoms with Gasteiger partial charge in [0.05, 0.1) is 0 Å². The van der Waals surface area contributed by atoms with Crippen LogP contribution in [0.5, 0.6) is 0 Å². The first kappa shape index (κ1) is 20.0. The lowest BCUT2D eigenvalue weighted by atomic mass is 10.1. The summed E-state index contributed by atoms with van der Waals surface area (Å²) in [5.74, 6) is -1.15. The average Bonchev–Trinajstić information content (AvgIpc) is 3.17. The number of ether oxygens (including phenoxy) is 1. The molecule has 1 atom stereocenters. The van der Waals surface area contributed by atoms with E-state index >= 15 is 0 Å². The van der Waals surface area contributed by atoms with E-state index in [0.717, 1.165) is 5.56 Å². The average molecular weight is 374 g/mol. The van der Waals surface area contributed by atoms with Gasteiger partial charge in [-0.3, -0.25) is 10.1 Å². The van der Waals surface area contributed by atoms with Crippen LogP contribution in [0.4, 0.5) is 4.79 Å². The maximum atomic E-state index is 12.4. The predicted octanol–water partition coefficient (Wildman–Crippen LogP) is 0.482. The highest BCUT2D eigenvalue weighted by Crippen LogP contribution is 2.14. The number of nitrogens with zero attached hydrogens (tertiary/aromatic N) is 4. The van der Waals surface area contributed by atoms with Crippen molar-refractivity contribution in [3.63, 3.8) is 0 Å². The van der Waals surface area contributed by atoms with Crippen molar-refractivity contribution in [3.05, 3.63) is 42.2 Å². The Hall–Kier alpha value is -3.30. The number of aromatic nitrogens is 4. The zero-order valence-corrected chi connectivity index (χ0v) is 15.2. The monoisotopic (exact) mass is 374 g/mol. The van der Waals surface area contributed by atoms with E-state index in [1.165, 1.54) is 11.0 Å². The van der Waals surface area contributed by atoms with Crippen molar-refractivity contribution in [1.82, 2.24) is 30.8 Å². The molecule has 144 valence electrons. The number of imide groups is 1. The lowest BCUT2D eigenvalue weighted by Crippen LogP contribution is -2.42. The summed E-state index contributed by atoms with van der Waals surface area (Å²) >= 11 is 0. The Kier molecular flexibility index (Phi) is 7.41. The molecule has 0 aliphatic rings. The van der Waals surface area contributed by atoms with Gasteiger partial charge in [-0.2, -0.15) is 0 Å². The molecule has 0 saturated carbocycles. The summed E-state index contributed by atoms with van der Waals surface area (Å²) in [5, 5.41) is 15.4. The van der Waals surface area contributed by atoms with Crippen LogP contribution >= 0.6 is 0 Å². The van der Waals surface area contributed by atoms with Gasteiger partial charge in [-0.1, -0.05) is 44.2 Å². The molecule has 0 bridgehead atoms. The van der Waals surface area contributed by atoms with Gasteiger partial charge in [0.15, 0.2) is 12.6 Å². The summed E-state index contributed by atoms with van der Waals surface area (Å²) in [6, 6.07) is 7.81. The zero-order valence-electron chi connectivity index (χ0n) is 15.2. The van der Waals surface area contributed by atoms with Gasteiger partial charge in [-0.05, 0) is 21.9 Å². The molecule has 1 heterocycles. The normalized spacial score (nSPS) is 11.7. The highest BCUT2D eigenvalue weighted by Gasteiger charge is 2.25. The van der Waals surface area contributed by atoms with Crippen molar-refractivity contribution < 1.29 is 19.1 Å². The number of rotatable bonds is 8. The van der Waals surface area contributed by atoms with Crippen LogP contribution in [0.1, 0.15) is 25.5 Å². The van der Waals surface area contributed by atoms with Crippen LogP contribution in [0.3, 0.4) is 0 Å². The number of carbonyl (C=O) groups is 3. The van der Waals surface area contributed by atoms with Gasteiger partial charge in [0.2, 0.25) is 0 Å². The first-order valence-electron chi connectivity index (χ1n) is 8.46. The van der Waals surface area contributed by atoms with Crippen LogP contribution in [-0.4, -0.2) is 51.3 Å². The number of hydrogen-bond acceptors (Lipinski definition) is 7. The van der Waals surface area contributed by atoms with Gasteiger partial charge in [0.1, 0.15) is 6.33 Å². The number of nitrogens with one attached hydrogen (secondary N) is 2. The number of tetrazole rings is 1. The molecule has 0 radical (unpaired) electrons. The summed E-state index contributed by atoms with van der Waals surface area (Å²) < 4.78 is 6.31. The minimum absolute atomic E-state index is 0.249. The second-order valence-corrected chi connectivity index (χ2v) is 6.26. The van der Waals surface area contributed by atoms with E-state index in [1.54, 1.807) is 0 Å². The Bertz CT molecular complexity index is 748. The maximum Gasteiger partial charge on any atom is 0.331 e. The Balaban J connectivity index is 1.90. The van der Waals surface area contributed by atoms with Gasteiger partial charge >= 0.3 is 12.0 Å². The quantitative estimate of drug-likeness (QED) is 0.643. The number of benzene rings is 1. The molecule has 3 amide bonds. The van der Waals surface area contributed by atoms with Crippen LogP contribution in [-0.2, 0) is 20.7 Å². The number of esters is 1. The standard InChI is InChI=1S/C17H22N6O4/c1-12(2)9-18-17(26)20-15(24)10-27-16(25)14(23-11-19-21-22-23)8-13-6-4-3-5-7-13/h3-7,11-12,14H,8-10H2,1-2H3,(H2,18,20,24,26)/t14-/m1/s1. The van der Waals surface area contributed by atoms with E-state index in [1.807, 2.05) is 44.2 Å². The molecule has 0 aliphatic carbocycles. The number of urea groups is 1. The fourth-order valence-electron chi connectivity index (χ4n) is 2.17. The number of carbonyl (C=O) groups excluding carboxylic acids is 3. The van der Waals surface area contributed by atoms with Gasteiger partial charge in [-0.25, -0.2) is 14.3 Å². The van der Waals surface area contributed by atoms with Crippen LogP contribution in [0.15, 0.2) is 36.7 Å². The van der Waals surface area contributed by atoms with Crippen molar-refractivity contribution in [2.45, 2.75) is 26.3 Å². The van der Waals surface area contributed by atoms with Gasteiger partial charge < -0.3 is 10.1 Å². The summed E-state index contributed by atoms with van der Waals surface area (Å²) in [6.45, 7) is 3.70. The molecular formula is C17H22N6O4. The molecule has 27 heavy (non-hydrogen) atoms. The molecule has 10 heteroatoms. The van der Waals surface area contributed by atoms with Crippen molar-refractivity contribution in [1.29, 1.82) is 0 Å². The van der Waals surface area contributed by atoms with Gasteiger partial charge in [-0.15, -0.1) is 5.10 Å². The second kappa shape index (κ2) is 10.00. The molecule has 0 aliphatic heterocycles.